The molecule has 1 aromatic carbocycles. The number of hydrogen-bond donors (Lipinski definition) is 0. The van der Waals surface area contributed by atoms with E-state index in [4.69, 9.17) is 16.2 Å². The van der Waals surface area contributed by atoms with Gasteiger partial charge < -0.3 is 9.47 Å². The van der Waals surface area contributed by atoms with E-state index in [9.17, 15) is 9.59 Å². The molecule has 0 unspecified atom stereocenters. The Balaban J connectivity index is 2.29. The minimum absolute atomic E-state index is 0.171. The monoisotopic (exact) mass is 304 g/mol. The summed E-state index contributed by atoms with van der Waals surface area (Å²) < 4.78 is 9.32. The molecule has 0 aliphatic rings. The number of esters is 2. The van der Waals surface area contributed by atoms with Crippen LogP contribution in [0.4, 0.5) is 0 Å². The summed E-state index contributed by atoms with van der Waals surface area (Å²) in [6, 6.07) is 5.54. The molecular formula is C16H6N3O4. The topological polar surface area (TPSA) is 110 Å². The van der Waals surface area contributed by atoms with Crippen molar-refractivity contribution in [3.63, 3.8) is 0 Å². The quantitative estimate of drug-likeness (QED) is 0.217. The second-order valence-electron chi connectivity index (χ2n) is 3.47. The standard InChI is InChI=1S/C16H6N3O4/c1-2-22-15(21)12-7-9-13(10-8-12)23-14(20)6-4-3-5-11-19-16(17)18/h7-10H,1H2. The molecule has 23 heavy (non-hydrogen) atoms. The van der Waals surface area contributed by atoms with Gasteiger partial charge in [0.05, 0.1) is 5.56 Å². The number of carbonyl (C=O) groups excluding carboxylic acids is 2. The third kappa shape index (κ3) is 7.85. The van der Waals surface area contributed by atoms with E-state index in [0.29, 0.717) is 0 Å². The van der Waals surface area contributed by atoms with Crippen LogP contribution in [0.2, 0.25) is 0 Å². The molecule has 1 rings (SSSR count). The van der Waals surface area contributed by atoms with Crippen LogP contribution >= 0.6 is 0 Å². The first-order chi connectivity index (χ1) is 11.0. The molecule has 7 heteroatoms. The van der Waals surface area contributed by atoms with Crippen molar-refractivity contribution in [2.24, 2.45) is 4.99 Å². The second-order valence-corrected chi connectivity index (χ2v) is 3.47. The Labute approximate surface area is 135 Å². The molecule has 0 heterocycles. The highest BCUT2D eigenvalue weighted by Gasteiger charge is 2.10. The van der Waals surface area contributed by atoms with Gasteiger partial charge in [0.1, 0.15) is 18.7 Å². The number of aliphatic imine (C=N–C) groups is 1. The van der Waals surface area contributed by atoms with Crippen LogP contribution in [0.3, 0.4) is 0 Å². The van der Waals surface area contributed by atoms with Gasteiger partial charge in [-0.15, -0.1) is 11.5 Å². The van der Waals surface area contributed by atoms with Crippen molar-refractivity contribution >= 4 is 17.9 Å². The van der Waals surface area contributed by atoms with Crippen molar-refractivity contribution in [3.8, 4) is 5.75 Å². The number of unbranched alkanes of at least 4 members (excludes halogenated alkanes) is 2. The Morgan fingerprint density at radius 3 is 2.39 bits per heavy atom. The molecule has 0 atom stereocenters. The fraction of sp³-hybridized carbons (Fsp3) is 0. The SMILES string of the molecule is [CH2][C]OC(=O)c1ccc(OC(=O)[C][C][C][C][C]N=C([N])[N])cc1. The fourth-order valence-corrected chi connectivity index (χ4v) is 1.14. The first kappa shape index (κ1) is 18.5. The summed E-state index contributed by atoms with van der Waals surface area (Å²) >= 11 is 0. The highest BCUT2D eigenvalue weighted by molar-refractivity contribution is 5.90. The van der Waals surface area contributed by atoms with Gasteiger partial charge in [0, 0.05) is 19.3 Å². The van der Waals surface area contributed by atoms with Crippen LogP contribution in [-0.4, -0.2) is 17.9 Å². The van der Waals surface area contributed by atoms with Gasteiger partial charge in [0.15, 0.2) is 6.61 Å². The highest BCUT2D eigenvalue weighted by atomic mass is 16.5. The van der Waals surface area contributed by atoms with Crippen LogP contribution in [0.5, 0.6) is 5.75 Å². The zero-order valence-electron chi connectivity index (χ0n) is 11.5. The van der Waals surface area contributed by atoms with Crippen molar-refractivity contribution in [1.29, 1.82) is 0 Å². The predicted molar refractivity (Wildman–Crippen MR) is 74.0 cm³/mol. The van der Waals surface area contributed by atoms with E-state index in [-0.39, 0.29) is 11.3 Å². The van der Waals surface area contributed by atoms with E-state index in [0.717, 1.165) is 0 Å². The molecule has 0 aliphatic heterocycles. The highest BCUT2D eigenvalue weighted by Crippen LogP contribution is 2.14. The van der Waals surface area contributed by atoms with Crippen LogP contribution in [-0.2, 0) is 9.53 Å². The Bertz CT molecular complexity index is 537. The molecule has 0 spiro atoms. The normalized spacial score (nSPS) is 9.96. The van der Waals surface area contributed by atoms with Crippen molar-refractivity contribution in [3.05, 3.63) is 75.6 Å². The van der Waals surface area contributed by atoms with Crippen molar-refractivity contribution < 1.29 is 19.1 Å². The van der Waals surface area contributed by atoms with Crippen molar-refractivity contribution in [1.82, 2.24) is 11.5 Å². The lowest BCUT2D eigenvalue weighted by molar-refractivity contribution is -0.130. The molecule has 1 aromatic rings. The number of nitrogens with zero attached hydrogens (tertiary/aromatic N) is 3. The van der Waals surface area contributed by atoms with Crippen LogP contribution in [0.25, 0.3) is 0 Å². The van der Waals surface area contributed by atoms with Crippen LogP contribution in [0.1, 0.15) is 10.4 Å². The average molecular weight is 304 g/mol. The largest absolute Gasteiger partial charge is 0.446 e. The molecule has 0 amide bonds. The summed E-state index contributed by atoms with van der Waals surface area (Å²) in [5.41, 5.74) is 16.8. The number of benzene rings is 1. The number of rotatable bonds is 9. The molecule has 0 saturated heterocycles. The third-order valence-electron chi connectivity index (χ3n) is 1.97. The van der Waals surface area contributed by atoms with Gasteiger partial charge in [-0.2, -0.15) is 0 Å². The van der Waals surface area contributed by atoms with Gasteiger partial charge in [-0.05, 0) is 31.2 Å². The maximum Gasteiger partial charge on any atom is 0.338 e. The van der Waals surface area contributed by atoms with Gasteiger partial charge in [-0.3, -0.25) is 4.79 Å². The average Bonchev–Trinajstić information content (AvgIpc) is 2.51. The van der Waals surface area contributed by atoms with E-state index in [1.165, 1.54) is 24.3 Å². The van der Waals surface area contributed by atoms with Gasteiger partial charge >= 0.3 is 11.9 Å². The lowest BCUT2D eigenvalue weighted by Crippen LogP contribution is -2.09. The minimum atomic E-state index is -1.19. The first-order valence-corrected chi connectivity index (χ1v) is 5.79. The maximum absolute atomic E-state index is 11.4. The Hall–Kier alpha value is -2.57. The lowest BCUT2D eigenvalue weighted by atomic mass is 10.2. The lowest BCUT2D eigenvalue weighted by Gasteiger charge is -2.04. The van der Waals surface area contributed by atoms with E-state index in [2.05, 4.69) is 42.3 Å². The second kappa shape index (κ2) is 10.2. The maximum atomic E-state index is 11.4. The molecule has 0 aromatic heterocycles. The molecule has 17 radical (unpaired) electrons. The Morgan fingerprint density at radius 1 is 1.09 bits per heavy atom. The summed E-state index contributed by atoms with van der Waals surface area (Å²) in [7, 11) is 0. The Morgan fingerprint density at radius 2 is 1.78 bits per heavy atom. The van der Waals surface area contributed by atoms with Crippen molar-refractivity contribution in [2.75, 3.05) is 0 Å². The van der Waals surface area contributed by atoms with E-state index in [1.807, 2.05) is 13.2 Å². The molecule has 0 bridgehead atoms. The Kier molecular flexibility index (Phi) is 8.20. The number of carbonyl (C=O) groups is 2. The summed E-state index contributed by atoms with van der Waals surface area (Å²) in [5, 5.41) is 0. The van der Waals surface area contributed by atoms with Gasteiger partial charge in [0.2, 0.25) is 0 Å². The zero-order chi connectivity index (χ0) is 17.1. The van der Waals surface area contributed by atoms with Crippen LogP contribution < -0.4 is 16.2 Å². The minimum Gasteiger partial charge on any atom is -0.446 e. The predicted octanol–water partition coefficient (Wildman–Crippen LogP) is 0.479. The van der Waals surface area contributed by atoms with E-state index < -0.39 is 17.9 Å². The van der Waals surface area contributed by atoms with Crippen LogP contribution in [0.15, 0.2) is 29.3 Å². The van der Waals surface area contributed by atoms with Gasteiger partial charge in [-0.1, -0.05) is 0 Å². The summed E-state index contributed by atoms with van der Waals surface area (Å²) in [6.45, 7) is 7.09. The summed E-state index contributed by atoms with van der Waals surface area (Å²) in [4.78, 5) is 25.6. The molecule has 7 nitrogen and oxygen atoms in total. The molecule has 0 N–H and O–H groups in total. The number of hydrogen-bond acceptors (Lipinski definition) is 5. The van der Waals surface area contributed by atoms with Crippen LogP contribution in [0, 0.1) is 45.8 Å². The fourth-order valence-electron chi connectivity index (χ4n) is 1.14. The molecular weight excluding hydrogens is 298 g/mol. The van der Waals surface area contributed by atoms with Gasteiger partial charge in [-0.25, -0.2) is 9.79 Å². The smallest absolute Gasteiger partial charge is 0.338 e. The first-order valence-electron chi connectivity index (χ1n) is 5.79. The number of guanidine groups is 1. The molecule has 0 fully saturated rings. The van der Waals surface area contributed by atoms with Gasteiger partial charge in [0.25, 0.3) is 5.96 Å². The molecule has 0 aliphatic carbocycles. The summed E-state index contributed by atoms with van der Waals surface area (Å²) in [6.07, 6.45) is 8.51. The van der Waals surface area contributed by atoms with Crippen molar-refractivity contribution in [2.45, 2.75) is 0 Å². The molecule has 0 saturated carbocycles. The third-order valence-corrected chi connectivity index (χ3v) is 1.97. The molecule has 109 valence electrons. The van der Waals surface area contributed by atoms with E-state index >= 15 is 0 Å². The van der Waals surface area contributed by atoms with E-state index in [1.54, 1.807) is 0 Å². The zero-order valence-corrected chi connectivity index (χ0v) is 11.5. The number of ether oxygens (including phenoxy) is 2. The summed E-state index contributed by atoms with van der Waals surface area (Å²) in [5.74, 6) is -2.53.